The zero-order valence-corrected chi connectivity index (χ0v) is 11.1. The molecular weight excluding hydrogens is 232 g/mol. The van der Waals surface area contributed by atoms with Crippen LogP contribution < -0.4 is 4.74 Å². The summed E-state index contributed by atoms with van der Waals surface area (Å²) in [7, 11) is 1.58. The Bertz CT molecular complexity index is 394. The molecule has 0 spiro atoms. The van der Waals surface area contributed by atoms with Crippen molar-refractivity contribution in [1.29, 1.82) is 0 Å². The summed E-state index contributed by atoms with van der Waals surface area (Å²) in [5.41, 5.74) is 0.883. The van der Waals surface area contributed by atoms with Crippen molar-refractivity contribution in [3.63, 3.8) is 0 Å². The third-order valence-electron chi connectivity index (χ3n) is 2.70. The molecule has 0 aliphatic rings. The fourth-order valence-electron chi connectivity index (χ4n) is 1.63. The monoisotopic (exact) mass is 252 g/mol. The van der Waals surface area contributed by atoms with Crippen molar-refractivity contribution in [2.45, 2.75) is 32.9 Å². The number of pyridine rings is 1. The first-order valence-electron chi connectivity index (χ1n) is 5.98. The van der Waals surface area contributed by atoms with Crippen molar-refractivity contribution in [2.75, 3.05) is 13.7 Å². The largest absolute Gasteiger partial charge is 0.481 e. The van der Waals surface area contributed by atoms with Crippen molar-refractivity contribution in [1.82, 2.24) is 9.88 Å². The van der Waals surface area contributed by atoms with Crippen LogP contribution in [0.15, 0.2) is 18.2 Å². The van der Waals surface area contributed by atoms with Crippen LogP contribution in [0, 0.1) is 0 Å². The standard InChI is InChI=1S/C13H20N2O3/c1-10(2)15(8-7-13(16)17)9-11-5-4-6-12(14-11)18-3/h4-6,10H,7-9H2,1-3H3,(H,16,17). The van der Waals surface area contributed by atoms with E-state index in [1.54, 1.807) is 13.2 Å². The molecule has 0 aliphatic heterocycles. The van der Waals surface area contributed by atoms with Crippen LogP contribution in [0.2, 0.25) is 0 Å². The maximum Gasteiger partial charge on any atom is 0.304 e. The molecule has 0 saturated heterocycles. The van der Waals surface area contributed by atoms with Crippen molar-refractivity contribution in [3.05, 3.63) is 23.9 Å². The van der Waals surface area contributed by atoms with E-state index in [0.717, 1.165) is 5.69 Å². The van der Waals surface area contributed by atoms with Gasteiger partial charge < -0.3 is 9.84 Å². The number of ether oxygens (including phenoxy) is 1. The first kappa shape index (κ1) is 14.4. The van der Waals surface area contributed by atoms with Crippen molar-refractivity contribution in [2.24, 2.45) is 0 Å². The SMILES string of the molecule is COc1cccc(CN(CCC(=O)O)C(C)C)n1. The number of aromatic nitrogens is 1. The zero-order valence-electron chi connectivity index (χ0n) is 11.1. The highest BCUT2D eigenvalue weighted by atomic mass is 16.5. The number of aliphatic carboxylic acids is 1. The summed E-state index contributed by atoms with van der Waals surface area (Å²) in [6, 6.07) is 5.87. The Morgan fingerprint density at radius 3 is 2.78 bits per heavy atom. The van der Waals surface area contributed by atoms with Gasteiger partial charge in [-0.15, -0.1) is 0 Å². The number of carboxylic acids is 1. The highest BCUT2D eigenvalue weighted by Crippen LogP contribution is 2.11. The minimum Gasteiger partial charge on any atom is -0.481 e. The Balaban J connectivity index is 2.67. The zero-order chi connectivity index (χ0) is 13.5. The van der Waals surface area contributed by atoms with E-state index < -0.39 is 5.97 Å². The predicted octanol–water partition coefficient (Wildman–Crippen LogP) is 1.78. The molecule has 18 heavy (non-hydrogen) atoms. The lowest BCUT2D eigenvalue weighted by Gasteiger charge is -2.25. The Kier molecular flexibility index (Phi) is 5.58. The van der Waals surface area contributed by atoms with Crippen LogP contribution >= 0.6 is 0 Å². The number of hydrogen-bond donors (Lipinski definition) is 1. The molecule has 0 aromatic carbocycles. The van der Waals surface area contributed by atoms with Gasteiger partial charge in [0.15, 0.2) is 0 Å². The molecule has 1 aromatic rings. The van der Waals surface area contributed by atoms with E-state index >= 15 is 0 Å². The molecular formula is C13H20N2O3. The van der Waals surface area contributed by atoms with Gasteiger partial charge in [0.1, 0.15) is 0 Å². The van der Waals surface area contributed by atoms with Gasteiger partial charge in [0, 0.05) is 25.2 Å². The number of rotatable bonds is 7. The molecule has 1 heterocycles. The van der Waals surface area contributed by atoms with E-state index in [9.17, 15) is 4.79 Å². The van der Waals surface area contributed by atoms with Crippen LogP contribution in [0.3, 0.4) is 0 Å². The van der Waals surface area contributed by atoms with Gasteiger partial charge in [-0.25, -0.2) is 4.98 Å². The molecule has 5 nitrogen and oxygen atoms in total. The first-order chi connectivity index (χ1) is 8.52. The summed E-state index contributed by atoms with van der Waals surface area (Å²) in [5.74, 6) is -0.200. The summed E-state index contributed by atoms with van der Waals surface area (Å²) < 4.78 is 5.07. The number of carboxylic acid groups (broad SMARTS) is 1. The van der Waals surface area contributed by atoms with Gasteiger partial charge in [0.2, 0.25) is 5.88 Å². The molecule has 5 heteroatoms. The third kappa shape index (κ3) is 4.71. The van der Waals surface area contributed by atoms with Gasteiger partial charge in [0.25, 0.3) is 0 Å². The van der Waals surface area contributed by atoms with Crippen molar-refractivity contribution in [3.8, 4) is 5.88 Å². The Morgan fingerprint density at radius 2 is 2.22 bits per heavy atom. The second-order valence-corrected chi connectivity index (χ2v) is 4.38. The van der Waals surface area contributed by atoms with Gasteiger partial charge in [-0.3, -0.25) is 9.69 Å². The first-order valence-corrected chi connectivity index (χ1v) is 5.98. The second kappa shape index (κ2) is 6.96. The van der Waals surface area contributed by atoms with Gasteiger partial charge in [-0.05, 0) is 19.9 Å². The quantitative estimate of drug-likeness (QED) is 0.801. The van der Waals surface area contributed by atoms with Crippen LogP contribution in [0.25, 0.3) is 0 Å². The third-order valence-corrected chi connectivity index (χ3v) is 2.70. The molecule has 100 valence electrons. The molecule has 1 N–H and O–H groups in total. The summed E-state index contributed by atoms with van der Waals surface area (Å²) in [6.07, 6.45) is 0.141. The molecule has 0 atom stereocenters. The topological polar surface area (TPSA) is 62.7 Å². The molecule has 0 aliphatic carbocycles. The average Bonchev–Trinajstić information content (AvgIpc) is 2.34. The molecule has 0 unspecified atom stereocenters. The fourth-order valence-corrected chi connectivity index (χ4v) is 1.63. The van der Waals surface area contributed by atoms with E-state index in [2.05, 4.69) is 9.88 Å². The van der Waals surface area contributed by atoms with Crippen molar-refractivity contribution < 1.29 is 14.6 Å². The Labute approximate surface area is 107 Å². The smallest absolute Gasteiger partial charge is 0.304 e. The van der Waals surface area contributed by atoms with Gasteiger partial charge in [0.05, 0.1) is 19.2 Å². The molecule has 0 radical (unpaired) electrons. The van der Waals surface area contributed by atoms with Crippen LogP contribution in [-0.4, -0.2) is 40.7 Å². The van der Waals surface area contributed by atoms with Crippen molar-refractivity contribution >= 4 is 5.97 Å². The van der Waals surface area contributed by atoms with Crippen LogP contribution in [-0.2, 0) is 11.3 Å². The lowest BCUT2D eigenvalue weighted by molar-refractivity contribution is -0.137. The van der Waals surface area contributed by atoms with E-state index in [-0.39, 0.29) is 12.5 Å². The number of methoxy groups -OCH3 is 1. The van der Waals surface area contributed by atoms with Crippen LogP contribution in [0.4, 0.5) is 0 Å². The van der Waals surface area contributed by atoms with E-state index in [1.165, 1.54) is 0 Å². The summed E-state index contributed by atoms with van der Waals surface area (Å²) in [4.78, 5) is 17.0. The maximum atomic E-state index is 10.6. The second-order valence-electron chi connectivity index (χ2n) is 4.38. The molecule has 1 rings (SSSR count). The van der Waals surface area contributed by atoms with Gasteiger partial charge in [-0.1, -0.05) is 6.07 Å². The number of carbonyl (C=O) groups is 1. The highest BCUT2D eigenvalue weighted by Gasteiger charge is 2.12. The normalized spacial score (nSPS) is 10.9. The molecule has 0 saturated carbocycles. The minimum atomic E-state index is -0.778. The van der Waals surface area contributed by atoms with Gasteiger partial charge >= 0.3 is 5.97 Å². The fraction of sp³-hybridized carbons (Fsp3) is 0.538. The molecule has 0 fully saturated rings. The van der Waals surface area contributed by atoms with Crippen LogP contribution in [0.1, 0.15) is 26.0 Å². The lowest BCUT2D eigenvalue weighted by atomic mass is 10.2. The van der Waals surface area contributed by atoms with E-state index in [0.29, 0.717) is 19.0 Å². The molecule has 1 aromatic heterocycles. The Morgan fingerprint density at radius 1 is 1.50 bits per heavy atom. The summed E-state index contributed by atoms with van der Waals surface area (Å²) in [5, 5.41) is 8.73. The highest BCUT2D eigenvalue weighted by molar-refractivity contribution is 5.66. The molecule has 0 amide bonds. The van der Waals surface area contributed by atoms with Crippen LogP contribution in [0.5, 0.6) is 5.88 Å². The minimum absolute atomic E-state index is 0.141. The average molecular weight is 252 g/mol. The summed E-state index contributed by atoms with van der Waals surface area (Å²) in [6.45, 7) is 5.23. The Hall–Kier alpha value is -1.62. The summed E-state index contributed by atoms with van der Waals surface area (Å²) >= 11 is 0. The van der Waals surface area contributed by atoms with Gasteiger partial charge in [-0.2, -0.15) is 0 Å². The van der Waals surface area contributed by atoms with E-state index in [4.69, 9.17) is 9.84 Å². The number of nitrogens with zero attached hydrogens (tertiary/aromatic N) is 2. The molecule has 0 bridgehead atoms. The lowest BCUT2D eigenvalue weighted by Crippen LogP contribution is -2.32. The maximum absolute atomic E-state index is 10.6. The number of hydrogen-bond acceptors (Lipinski definition) is 4. The predicted molar refractivity (Wildman–Crippen MR) is 68.6 cm³/mol. The van der Waals surface area contributed by atoms with E-state index in [1.807, 2.05) is 26.0 Å².